The first-order valence-corrected chi connectivity index (χ1v) is 7.54. The van der Waals surface area contributed by atoms with Crippen LogP contribution in [0.2, 0.25) is 5.02 Å². The second-order valence-corrected chi connectivity index (χ2v) is 5.79. The van der Waals surface area contributed by atoms with Crippen molar-refractivity contribution in [2.75, 3.05) is 5.32 Å². The average molecular weight is 312 g/mol. The van der Waals surface area contributed by atoms with Gasteiger partial charge >= 0.3 is 0 Å². The number of aromatic nitrogens is 4. The van der Waals surface area contributed by atoms with Gasteiger partial charge in [-0.05, 0) is 40.1 Å². The second-order valence-electron chi connectivity index (χ2n) is 5.36. The molecule has 0 unspecified atom stereocenters. The lowest BCUT2D eigenvalue weighted by Gasteiger charge is -2.31. The zero-order valence-electron chi connectivity index (χ0n) is 11.7. The standard InChI is InChI=1S/C16H14ClN5/c17-13-8-6-12(7-9-13)15-10-14(11-4-2-1-3-5-11)18-16-19-20-21-22(15)16/h1-9,14-15H,10H2,(H,18,19,21)/t14-,15+/m0/s1. The van der Waals surface area contributed by atoms with E-state index >= 15 is 0 Å². The van der Waals surface area contributed by atoms with Gasteiger partial charge in [-0.25, -0.2) is 4.68 Å². The molecule has 1 aliphatic heterocycles. The summed E-state index contributed by atoms with van der Waals surface area (Å²) in [5.74, 6) is 0.694. The Labute approximate surface area is 132 Å². The first-order valence-electron chi connectivity index (χ1n) is 7.16. The maximum absolute atomic E-state index is 5.99. The summed E-state index contributed by atoms with van der Waals surface area (Å²) in [6.07, 6.45) is 0.879. The van der Waals surface area contributed by atoms with E-state index in [1.54, 1.807) is 0 Å². The van der Waals surface area contributed by atoms with Crippen molar-refractivity contribution in [2.45, 2.75) is 18.5 Å². The van der Waals surface area contributed by atoms with E-state index in [1.807, 2.05) is 47.1 Å². The molecule has 0 aliphatic carbocycles. The summed E-state index contributed by atoms with van der Waals surface area (Å²) < 4.78 is 1.84. The molecule has 22 heavy (non-hydrogen) atoms. The number of anilines is 1. The highest BCUT2D eigenvalue weighted by Gasteiger charge is 2.30. The number of hydrogen-bond donors (Lipinski definition) is 1. The summed E-state index contributed by atoms with van der Waals surface area (Å²) in [6, 6.07) is 18.5. The summed E-state index contributed by atoms with van der Waals surface area (Å²) in [5, 5.41) is 16.2. The third kappa shape index (κ3) is 2.33. The molecule has 0 radical (unpaired) electrons. The van der Waals surface area contributed by atoms with E-state index in [2.05, 4.69) is 33.0 Å². The van der Waals surface area contributed by atoms with Crippen LogP contribution < -0.4 is 5.32 Å². The Morgan fingerprint density at radius 1 is 1.00 bits per heavy atom. The first-order chi connectivity index (χ1) is 10.8. The Balaban J connectivity index is 1.73. The van der Waals surface area contributed by atoms with Crippen LogP contribution in [0.1, 0.15) is 29.6 Å². The van der Waals surface area contributed by atoms with Gasteiger partial charge in [-0.3, -0.25) is 0 Å². The summed E-state index contributed by atoms with van der Waals surface area (Å²) in [7, 11) is 0. The number of rotatable bonds is 2. The molecule has 110 valence electrons. The fraction of sp³-hybridized carbons (Fsp3) is 0.188. The summed E-state index contributed by atoms with van der Waals surface area (Å²) in [4.78, 5) is 0. The molecule has 0 spiro atoms. The fourth-order valence-electron chi connectivity index (χ4n) is 2.90. The lowest BCUT2D eigenvalue weighted by atomic mass is 9.93. The average Bonchev–Trinajstić information content (AvgIpc) is 3.04. The summed E-state index contributed by atoms with van der Waals surface area (Å²) in [5.41, 5.74) is 2.39. The molecular weight excluding hydrogens is 298 g/mol. The van der Waals surface area contributed by atoms with Gasteiger partial charge in [0.1, 0.15) is 0 Å². The SMILES string of the molecule is Clc1ccc([C@H]2C[C@@H](c3ccccc3)Nc3nnnn32)cc1. The van der Waals surface area contributed by atoms with Gasteiger partial charge in [-0.15, -0.1) is 0 Å². The van der Waals surface area contributed by atoms with Crippen molar-refractivity contribution in [3.63, 3.8) is 0 Å². The molecule has 1 aliphatic rings. The Morgan fingerprint density at radius 3 is 2.55 bits per heavy atom. The predicted octanol–water partition coefficient (Wildman–Crippen LogP) is 3.47. The van der Waals surface area contributed by atoms with Crippen molar-refractivity contribution in [2.24, 2.45) is 0 Å². The molecule has 3 aromatic rings. The Morgan fingerprint density at radius 2 is 1.77 bits per heavy atom. The van der Waals surface area contributed by atoms with Gasteiger partial charge in [0.25, 0.3) is 0 Å². The maximum atomic E-state index is 5.99. The van der Waals surface area contributed by atoms with E-state index in [0.717, 1.165) is 17.0 Å². The van der Waals surface area contributed by atoms with Crippen LogP contribution in [0.15, 0.2) is 54.6 Å². The second kappa shape index (κ2) is 5.42. The van der Waals surface area contributed by atoms with Crippen LogP contribution in [0.25, 0.3) is 0 Å². The molecule has 2 aromatic carbocycles. The van der Waals surface area contributed by atoms with Crippen LogP contribution in [-0.4, -0.2) is 20.2 Å². The molecule has 1 aromatic heterocycles. The predicted molar refractivity (Wildman–Crippen MR) is 84.8 cm³/mol. The van der Waals surface area contributed by atoms with Crippen molar-refractivity contribution in [1.29, 1.82) is 0 Å². The van der Waals surface area contributed by atoms with Crippen LogP contribution in [-0.2, 0) is 0 Å². The highest BCUT2D eigenvalue weighted by Crippen LogP contribution is 2.37. The van der Waals surface area contributed by atoms with Crippen LogP contribution >= 0.6 is 11.6 Å². The molecule has 0 fully saturated rings. The van der Waals surface area contributed by atoms with Gasteiger partial charge in [-0.2, -0.15) is 0 Å². The minimum absolute atomic E-state index is 0.0914. The zero-order valence-corrected chi connectivity index (χ0v) is 12.5. The van der Waals surface area contributed by atoms with Gasteiger partial charge in [-0.1, -0.05) is 59.2 Å². The molecule has 5 nitrogen and oxygen atoms in total. The van der Waals surface area contributed by atoms with E-state index in [1.165, 1.54) is 5.56 Å². The molecule has 2 atom stereocenters. The van der Waals surface area contributed by atoms with Crippen LogP contribution in [0.4, 0.5) is 5.95 Å². The first kappa shape index (κ1) is 13.3. The Bertz CT molecular complexity index is 769. The quantitative estimate of drug-likeness (QED) is 0.787. The van der Waals surface area contributed by atoms with Gasteiger partial charge < -0.3 is 5.32 Å². The van der Waals surface area contributed by atoms with Crippen LogP contribution in [0, 0.1) is 0 Å². The zero-order chi connectivity index (χ0) is 14.9. The lowest BCUT2D eigenvalue weighted by molar-refractivity contribution is 0.424. The fourth-order valence-corrected chi connectivity index (χ4v) is 3.03. The third-order valence-corrected chi connectivity index (χ3v) is 4.26. The number of halogens is 1. The number of fused-ring (bicyclic) bond motifs is 1. The Kier molecular flexibility index (Phi) is 3.27. The highest BCUT2D eigenvalue weighted by atomic mass is 35.5. The van der Waals surface area contributed by atoms with Gasteiger partial charge in [0.2, 0.25) is 5.95 Å². The molecule has 4 rings (SSSR count). The molecule has 0 bridgehead atoms. The molecule has 1 N–H and O–H groups in total. The van der Waals surface area contributed by atoms with Crippen molar-refractivity contribution >= 4 is 17.5 Å². The van der Waals surface area contributed by atoms with Crippen molar-refractivity contribution in [3.8, 4) is 0 Å². The molecule has 0 saturated carbocycles. The maximum Gasteiger partial charge on any atom is 0.243 e. The minimum atomic E-state index is 0.0914. The van der Waals surface area contributed by atoms with E-state index in [-0.39, 0.29) is 12.1 Å². The van der Waals surface area contributed by atoms with E-state index in [4.69, 9.17) is 11.6 Å². The third-order valence-electron chi connectivity index (χ3n) is 4.01. The number of nitrogens with one attached hydrogen (secondary N) is 1. The number of benzene rings is 2. The number of tetrazole rings is 1. The Hall–Kier alpha value is -2.40. The van der Waals surface area contributed by atoms with Crippen molar-refractivity contribution in [1.82, 2.24) is 20.2 Å². The van der Waals surface area contributed by atoms with Crippen molar-refractivity contribution < 1.29 is 0 Å². The topological polar surface area (TPSA) is 55.6 Å². The largest absolute Gasteiger partial charge is 0.346 e. The van der Waals surface area contributed by atoms with Gasteiger partial charge in [0.15, 0.2) is 0 Å². The molecule has 2 heterocycles. The monoisotopic (exact) mass is 311 g/mol. The van der Waals surface area contributed by atoms with Crippen LogP contribution in [0.5, 0.6) is 0 Å². The van der Waals surface area contributed by atoms with E-state index < -0.39 is 0 Å². The van der Waals surface area contributed by atoms with E-state index in [0.29, 0.717) is 5.95 Å². The normalized spacial score (nSPS) is 20.2. The van der Waals surface area contributed by atoms with Crippen LogP contribution in [0.3, 0.4) is 0 Å². The van der Waals surface area contributed by atoms with Gasteiger partial charge in [0.05, 0.1) is 12.1 Å². The summed E-state index contributed by atoms with van der Waals surface area (Å²) in [6.45, 7) is 0. The highest BCUT2D eigenvalue weighted by molar-refractivity contribution is 6.30. The molecule has 0 amide bonds. The summed E-state index contributed by atoms with van der Waals surface area (Å²) >= 11 is 5.99. The molecular formula is C16H14ClN5. The number of hydrogen-bond acceptors (Lipinski definition) is 4. The molecule has 0 saturated heterocycles. The minimum Gasteiger partial charge on any atom is -0.346 e. The van der Waals surface area contributed by atoms with Crippen molar-refractivity contribution in [3.05, 3.63) is 70.7 Å². The number of nitrogens with zero attached hydrogens (tertiary/aromatic N) is 4. The van der Waals surface area contributed by atoms with E-state index in [9.17, 15) is 0 Å². The van der Waals surface area contributed by atoms with Gasteiger partial charge in [0, 0.05) is 5.02 Å². The molecule has 6 heteroatoms. The lowest BCUT2D eigenvalue weighted by Crippen LogP contribution is -2.28. The smallest absolute Gasteiger partial charge is 0.243 e.